The molecule has 0 saturated carbocycles. The van der Waals surface area contributed by atoms with Crippen molar-refractivity contribution in [3.8, 4) is 0 Å². The molecule has 2 amide bonds. The summed E-state index contributed by atoms with van der Waals surface area (Å²) < 4.78 is 11.9. The summed E-state index contributed by atoms with van der Waals surface area (Å²) in [5.74, 6) is -0.880. The van der Waals surface area contributed by atoms with E-state index < -0.39 is 11.4 Å². The van der Waals surface area contributed by atoms with E-state index in [1.165, 1.54) is 4.90 Å². The minimum Gasteiger partial charge on any atom is -0.450 e. The van der Waals surface area contributed by atoms with Gasteiger partial charge in [0.2, 0.25) is 5.76 Å². The Morgan fingerprint density at radius 2 is 2.00 bits per heavy atom. The van der Waals surface area contributed by atoms with E-state index in [4.69, 9.17) is 9.15 Å². The van der Waals surface area contributed by atoms with Crippen molar-refractivity contribution in [1.29, 1.82) is 0 Å². The first-order valence-electron chi connectivity index (χ1n) is 11.5. The fourth-order valence-corrected chi connectivity index (χ4v) is 5.66. The van der Waals surface area contributed by atoms with Crippen LogP contribution in [0, 0.1) is 6.92 Å². The maximum atomic E-state index is 14.3. The third-order valence-electron chi connectivity index (χ3n) is 7.11. The molecule has 6 rings (SSSR count). The lowest BCUT2D eigenvalue weighted by Gasteiger charge is -2.35. The number of carbonyl (C=O) groups excluding carboxylic acids is 2. The predicted molar refractivity (Wildman–Crippen MR) is 127 cm³/mol. The highest BCUT2D eigenvalue weighted by Crippen LogP contribution is 2.52. The number of hydrogen-bond donors (Lipinski definition) is 0. The molecule has 4 heterocycles. The van der Waals surface area contributed by atoms with Crippen LogP contribution < -0.4 is 10.3 Å². The van der Waals surface area contributed by atoms with Crippen molar-refractivity contribution in [1.82, 2.24) is 4.90 Å². The van der Waals surface area contributed by atoms with Crippen LogP contribution in [0.2, 0.25) is 0 Å². The normalized spacial score (nSPS) is 23.3. The predicted octanol–water partition coefficient (Wildman–Crippen LogP) is 3.51. The smallest absolute Gasteiger partial charge is 0.291 e. The van der Waals surface area contributed by atoms with Crippen LogP contribution in [0.3, 0.4) is 0 Å². The molecule has 172 valence electrons. The summed E-state index contributed by atoms with van der Waals surface area (Å²) >= 11 is 0. The van der Waals surface area contributed by atoms with Crippen LogP contribution in [0.5, 0.6) is 0 Å². The zero-order valence-corrected chi connectivity index (χ0v) is 18.9. The Bertz CT molecular complexity index is 1430. The summed E-state index contributed by atoms with van der Waals surface area (Å²) in [6.45, 7) is 6.75. The lowest BCUT2D eigenvalue weighted by atomic mass is 9.83. The third-order valence-corrected chi connectivity index (χ3v) is 7.11. The summed E-state index contributed by atoms with van der Waals surface area (Å²) in [7, 11) is 0. The summed E-state index contributed by atoms with van der Waals surface area (Å²) in [4.78, 5) is 45.3. The molecule has 3 aliphatic rings. The van der Waals surface area contributed by atoms with Gasteiger partial charge in [0.05, 0.1) is 22.7 Å². The van der Waals surface area contributed by atoms with Gasteiger partial charge in [-0.3, -0.25) is 14.4 Å². The van der Waals surface area contributed by atoms with Gasteiger partial charge in [-0.05, 0) is 38.0 Å². The first-order chi connectivity index (χ1) is 16.5. The fraction of sp³-hybridized carbons (Fsp3) is 0.296. The van der Waals surface area contributed by atoms with Gasteiger partial charge >= 0.3 is 0 Å². The van der Waals surface area contributed by atoms with E-state index in [1.54, 1.807) is 23.1 Å². The van der Waals surface area contributed by atoms with Gasteiger partial charge in [-0.25, -0.2) is 0 Å². The van der Waals surface area contributed by atoms with Crippen LogP contribution in [-0.4, -0.2) is 42.5 Å². The highest BCUT2D eigenvalue weighted by molar-refractivity contribution is 6.17. The molecule has 0 bridgehead atoms. The van der Waals surface area contributed by atoms with E-state index in [-0.39, 0.29) is 41.9 Å². The minimum atomic E-state index is -1.60. The second-order valence-electron chi connectivity index (χ2n) is 9.12. The number of rotatable bonds is 4. The number of aryl methyl sites for hydroxylation is 1. The van der Waals surface area contributed by atoms with Gasteiger partial charge in [-0.15, -0.1) is 6.58 Å². The van der Waals surface area contributed by atoms with Crippen molar-refractivity contribution < 1.29 is 18.7 Å². The van der Waals surface area contributed by atoms with Gasteiger partial charge in [0.15, 0.2) is 11.0 Å². The Hall–Kier alpha value is -3.71. The first-order valence-corrected chi connectivity index (χ1v) is 11.5. The molecule has 7 heteroatoms. The molecular weight excluding hydrogens is 432 g/mol. The number of carbonyl (C=O) groups is 2. The molecule has 7 nitrogen and oxygen atoms in total. The molecule has 2 aromatic carbocycles. The molecule has 1 fully saturated rings. The van der Waals surface area contributed by atoms with Crippen LogP contribution in [0.15, 0.2) is 64.3 Å². The van der Waals surface area contributed by atoms with E-state index in [0.29, 0.717) is 28.8 Å². The fourth-order valence-electron chi connectivity index (χ4n) is 5.66. The summed E-state index contributed by atoms with van der Waals surface area (Å²) in [5.41, 5.74) is 0.625. The summed E-state index contributed by atoms with van der Waals surface area (Å²) in [6, 6.07) is 12.6. The Balaban J connectivity index is 1.70. The highest BCUT2D eigenvalue weighted by atomic mass is 16.5. The van der Waals surface area contributed by atoms with Gasteiger partial charge in [0.25, 0.3) is 11.8 Å². The van der Waals surface area contributed by atoms with Crippen molar-refractivity contribution in [3.05, 3.63) is 87.8 Å². The zero-order valence-electron chi connectivity index (χ0n) is 18.9. The zero-order chi connectivity index (χ0) is 23.6. The molecule has 1 saturated heterocycles. The van der Waals surface area contributed by atoms with Crippen LogP contribution in [0.4, 0.5) is 5.69 Å². The second-order valence-corrected chi connectivity index (χ2v) is 9.12. The van der Waals surface area contributed by atoms with E-state index in [2.05, 4.69) is 6.58 Å². The van der Waals surface area contributed by atoms with Crippen molar-refractivity contribution in [3.63, 3.8) is 0 Å². The van der Waals surface area contributed by atoms with Gasteiger partial charge in [-0.2, -0.15) is 0 Å². The van der Waals surface area contributed by atoms with Crippen molar-refractivity contribution >= 4 is 28.5 Å². The highest BCUT2D eigenvalue weighted by Gasteiger charge is 2.65. The largest absolute Gasteiger partial charge is 0.450 e. The first kappa shape index (κ1) is 20.9. The van der Waals surface area contributed by atoms with Crippen molar-refractivity contribution in [2.45, 2.75) is 31.4 Å². The maximum Gasteiger partial charge on any atom is 0.291 e. The van der Waals surface area contributed by atoms with Gasteiger partial charge in [0, 0.05) is 25.3 Å². The molecule has 0 radical (unpaired) electrons. The van der Waals surface area contributed by atoms with Gasteiger partial charge < -0.3 is 19.0 Å². The second kappa shape index (κ2) is 7.40. The number of fused-ring (bicyclic) bond motifs is 5. The summed E-state index contributed by atoms with van der Waals surface area (Å²) in [5, 5.41) is 0.359. The minimum absolute atomic E-state index is 0.0667. The van der Waals surface area contributed by atoms with Crippen molar-refractivity contribution in [2.75, 3.05) is 24.6 Å². The lowest BCUT2D eigenvalue weighted by molar-refractivity contribution is -0.126. The summed E-state index contributed by atoms with van der Waals surface area (Å²) in [6.07, 6.45) is 3.10. The standard InChI is InChI=1S/C27H24N2O5/c1-3-12-28-20-9-5-4-8-19(20)27(26(28)32)22-23(30)18-14-16(2)10-11-21(18)34-24(22)25(31)29(27)15-17-7-6-13-33-17/h3-5,8-11,14,17H,1,6-7,12-13,15H2,2H3/t17-,27-/m1/s1. The number of hydrogen-bond acceptors (Lipinski definition) is 5. The Kier molecular flexibility index (Phi) is 4.54. The SMILES string of the molecule is C=CCN1C(=O)[C@@]2(c3ccccc31)c1c(oc3ccc(C)cc3c1=O)C(=O)N2C[C@H]1CCCO1. The van der Waals surface area contributed by atoms with Gasteiger partial charge in [0.1, 0.15) is 5.58 Å². The average molecular weight is 456 g/mol. The number of ether oxygens (including phenoxy) is 1. The molecule has 0 unspecified atom stereocenters. The monoisotopic (exact) mass is 456 g/mol. The van der Waals surface area contributed by atoms with Crippen LogP contribution in [0.1, 0.15) is 40.1 Å². The average Bonchev–Trinajstić information content (AvgIpc) is 3.50. The maximum absolute atomic E-state index is 14.3. The van der Waals surface area contributed by atoms with E-state index in [9.17, 15) is 14.4 Å². The van der Waals surface area contributed by atoms with Crippen molar-refractivity contribution in [2.24, 2.45) is 0 Å². The van der Waals surface area contributed by atoms with Gasteiger partial charge in [-0.1, -0.05) is 35.9 Å². The topological polar surface area (TPSA) is 80.1 Å². The molecule has 0 N–H and O–H groups in total. The number of benzene rings is 2. The van der Waals surface area contributed by atoms with E-state index >= 15 is 0 Å². The van der Waals surface area contributed by atoms with Crippen LogP contribution >= 0.6 is 0 Å². The van der Waals surface area contributed by atoms with Crippen LogP contribution in [-0.2, 0) is 15.1 Å². The van der Waals surface area contributed by atoms with E-state index in [1.807, 2.05) is 37.3 Å². The molecule has 3 aliphatic heterocycles. The Morgan fingerprint density at radius 1 is 1.18 bits per heavy atom. The number of para-hydroxylation sites is 1. The van der Waals surface area contributed by atoms with E-state index in [0.717, 1.165) is 18.4 Å². The van der Waals surface area contributed by atoms with Crippen LogP contribution in [0.25, 0.3) is 11.0 Å². The quantitative estimate of drug-likeness (QED) is 0.562. The molecule has 1 aromatic heterocycles. The molecule has 1 spiro atoms. The lowest BCUT2D eigenvalue weighted by Crippen LogP contribution is -2.55. The molecule has 34 heavy (non-hydrogen) atoms. The molecule has 0 aliphatic carbocycles. The number of amides is 2. The Morgan fingerprint density at radius 3 is 2.76 bits per heavy atom. The third kappa shape index (κ3) is 2.58. The molecule has 3 aromatic rings. The number of nitrogens with zero attached hydrogens (tertiary/aromatic N) is 2. The Labute approximate surface area is 196 Å². The molecule has 2 atom stereocenters. The molecular formula is C27H24N2O5. The number of anilines is 1.